The molecule has 0 radical (unpaired) electrons. The second kappa shape index (κ2) is 13.4. The van der Waals surface area contributed by atoms with E-state index >= 15 is 0 Å². The number of aliphatic imine (C=N–C) groups is 1. The first kappa shape index (κ1) is 26.1. The Labute approximate surface area is 204 Å². The monoisotopic (exact) mass is 546 g/mol. The number of hydrogen-bond donors (Lipinski definition) is 2. The van der Waals surface area contributed by atoms with E-state index in [0.29, 0.717) is 6.04 Å². The Kier molecular flexibility index (Phi) is 11.3. The number of piperazine rings is 1. The summed E-state index contributed by atoms with van der Waals surface area (Å²) in [4.78, 5) is 11.7. The van der Waals surface area contributed by atoms with Crippen molar-refractivity contribution in [2.24, 2.45) is 4.99 Å². The smallest absolute Gasteiger partial charge is 0.191 e. The van der Waals surface area contributed by atoms with E-state index in [9.17, 15) is 0 Å². The molecule has 0 aliphatic carbocycles. The van der Waals surface area contributed by atoms with Crippen LogP contribution in [0.2, 0.25) is 0 Å². The lowest BCUT2D eigenvalue weighted by molar-refractivity contribution is 0.0170. The van der Waals surface area contributed by atoms with Gasteiger partial charge in [0.1, 0.15) is 5.75 Å². The molecule has 8 nitrogen and oxygen atoms in total. The molecular formula is C22H39IN6O2. The predicted octanol–water partition coefficient (Wildman–Crippen LogP) is 1.10. The highest BCUT2D eigenvalue weighted by Gasteiger charge is 2.24. The lowest BCUT2D eigenvalue weighted by atomic mass is 10.0. The van der Waals surface area contributed by atoms with E-state index < -0.39 is 0 Å². The molecule has 0 bridgehead atoms. The fraction of sp³-hybridized carbons (Fsp3) is 0.682. The Bertz CT molecular complexity index is 668. The maximum atomic E-state index is 5.57. The number of rotatable bonds is 7. The van der Waals surface area contributed by atoms with Crippen LogP contribution in [0.25, 0.3) is 0 Å². The number of guanidine groups is 1. The fourth-order valence-electron chi connectivity index (χ4n) is 4.12. The van der Waals surface area contributed by atoms with E-state index in [4.69, 9.17) is 9.47 Å². The molecule has 2 fully saturated rings. The van der Waals surface area contributed by atoms with Crippen LogP contribution in [-0.4, -0.2) is 114 Å². The van der Waals surface area contributed by atoms with Gasteiger partial charge in [0.25, 0.3) is 0 Å². The molecule has 0 aromatic heterocycles. The fourth-order valence-corrected chi connectivity index (χ4v) is 4.12. The van der Waals surface area contributed by atoms with Crippen molar-refractivity contribution in [3.63, 3.8) is 0 Å². The van der Waals surface area contributed by atoms with Gasteiger partial charge in [0.05, 0.1) is 26.4 Å². The van der Waals surface area contributed by atoms with Crippen molar-refractivity contribution in [1.82, 2.24) is 25.3 Å². The lowest BCUT2D eigenvalue weighted by Crippen LogP contribution is -2.55. The quantitative estimate of drug-likeness (QED) is 0.302. The number of likely N-dealkylation sites (N-methyl/N-ethyl adjacent to an activating group) is 2. The molecule has 9 heteroatoms. The molecule has 2 aliphatic rings. The zero-order valence-corrected chi connectivity index (χ0v) is 21.7. The van der Waals surface area contributed by atoms with Gasteiger partial charge in [0.2, 0.25) is 0 Å². The van der Waals surface area contributed by atoms with Crippen LogP contribution in [0.3, 0.4) is 0 Å². The minimum absolute atomic E-state index is 0. The van der Waals surface area contributed by atoms with Gasteiger partial charge in [-0.3, -0.25) is 14.8 Å². The SMILES string of the molecule is CN=C(NCC1CN(C)CCN1C)NCC(c1ccc(OC)cc1)N1CCOCC1.I. The van der Waals surface area contributed by atoms with Crippen LogP contribution in [-0.2, 0) is 4.74 Å². The van der Waals surface area contributed by atoms with Gasteiger partial charge < -0.3 is 25.0 Å². The molecule has 176 valence electrons. The number of methoxy groups -OCH3 is 1. The summed E-state index contributed by atoms with van der Waals surface area (Å²) in [5.74, 6) is 1.73. The van der Waals surface area contributed by atoms with Crippen molar-refractivity contribution < 1.29 is 9.47 Å². The minimum atomic E-state index is 0. The summed E-state index contributed by atoms with van der Waals surface area (Å²) in [5, 5.41) is 7.08. The average Bonchev–Trinajstić information content (AvgIpc) is 2.79. The van der Waals surface area contributed by atoms with Crippen molar-refractivity contribution in [2.75, 3.05) is 87.3 Å². The van der Waals surface area contributed by atoms with Crippen molar-refractivity contribution in [3.8, 4) is 5.75 Å². The van der Waals surface area contributed by atoms with Gasteiger partial charge in [-0.2, -0.15) is 0 Å². The van der Waals surface area contributed by atoms with E-state index in [0.717, 1.165) is 70.7 Å². The molecule has 2 N–H and O–H groups in total. The van der Waals surface area contributed by atoms with Gasteiger partial charge in [0.15, 0.2) is 5.96 Å². The topological polar surface area (TPSA) is 64.6 Å². The van der Waals surface area contributed by atoms with Crippen LogP contribution in [0.5, 0.6) is 5.75 Å². The summed E-state index contributed by atoms with van der Waals surface area (Å²) >= 11 is 0. The van der Waals surface area contributed by atoms with Gasteiger partial charge in [-0.1, -0.05) is 12.1 Å². The summed E-state index contributed by atoms with van der Waals surface area (Å²) in [5.41, 5.74) is 1.27. The summed E-state index contributed by atoms with van der Waals surface area (Å²) in [6, 6.07) is 9.12. The summed E-state index contributed by atoms with van der Waals surface area (Å²) in [6.45, 7) is 8.39. The van der Waals surface area contributed by atoms with Crippen LogP contribution in [0.1, 0.15) is 11.6 Å². The maximum absolute atomic E-state index is 5.57. The largest absolute Gasteiger partial charge is 0.497 e. The van der Waals surface area contributed by atoms with E-state index in [1.165, 1.54) is 5.56 Å². The van der Waals surface area contributed by atoms with E-state index in [2.05, 4.69) is 56.6 Å². The van der Waals surface area contributed by atoms with Gasteiger partial charge >= 0.3 is 0 Å². The van der Waals surface area contributed by atoms with E-state index in [1.54, 1.807) is 7.11 Å². The molecule has 31 heavy (non-hydrogen) atoms. The molecule has 1 aromatic rings. The van der Waals surface area contributed by atoms with Gasteiger partial charge in [-0.15, -0.1) is 24.0 Å². The van der Waals surface area contributed by atoms with Gasteiger partial charge in [-0.05, 0) is 31.8 Å². The molecule has 0 spiro atoms. The highest BCUT2D eigenvalue weighted by Crippen LogP contribution is 2.23. The Balaban J connectivity index is 0.00000341. The molecule has 2 saturated heterocycles. The van der Waals surface area contributed by atoms with Crippen LogP contribution in [0.4, 0.5) is 0 Å². The first-order valence-corrected chi connectivity index (χ1v) is 10.9. The molecule has 2 atom stereocenters. The zero-order valence-electron chi connectivity index (χ0n) is 19.3. The Morgan fingerprint density at radius 2 is 1.84 bits per heavy atom. The highest BCUT2D eigenvalue weighted by atomic mass is 127. The number of halogens is 1. The van der Waals surface area contributed by atoms with Crippen LogP contribution in [0, 0.1) is 0 Å². The standard InChI is InChI=1S/C22H38N6O2.HI/c1-23-22(24-15-19-17-26(2)9-10-27(19)3)25-16-21(28-11-13-30-14-12-28)18-5-7-20(29-4)8-6-18;/h5-8,19,21H,9-17H2,1-4H3,(H2,23,24,25);1H. The number of nitrogens with one attached hydrogen (secondary N) is 2. The molecule has 2 aliphatic heterocycles. The summed E-state index contributed by atoms with van der Waals surface area (Å²) < 4.78 is 10.9. The first-order valence-electron chi connectivity index (χ1n) is 10.9. The zero-order chi connectivity index (χ0) is 21.3. The second-order valence-corrected chi connectivity index (χ2v) is 8.17. The Morgan fingerprint density at radius 3 is 2.48 bits per heavy atom. The van der Waals surface area contributed by atoms with Crippen LogP contribution < -0.4 is 15.4 Å². The van der Waals surface area contributed by atoms with Crippen molar-refractivity contribution >= 4 is 29.9 Å². The predicted molar refractivity (Wildman–Crippen MR) is 137 cm³/mol. The first-order chi connectivity index (χ1) is 14.6. The average molecular weight is 546 g/mol. The van der Waals surface area contributed by atoms with Gasteiger partial charge in [0, 0.05) is 58.9 Å². The van der Waals surface area contributed by atoms with Crippen molar-refractivity contribution in [3.05, 3.63) is 29.8 Å². The highest BCUT2D eigenvalue weighted by molar-refractivity contribution is 14.0. The molecule has 1 aromatic carbocycles. The third-order valence-electron chi connectivity index (χ3n) is 6.16. The number of morpholine rings is 1. The number of ether oxygens (including phenoxy) is 2. The van der Waals surface area contributed by atoms with E-state index in [1.807, 2.05) is 19.2 Å². The number of nitrogens with zero attached hydrogens (tertiary/aromatic N) is 4. The number of hydrogen-bond acceptors (Lipinski definition) is 6. The Morgan fingerprint density at radius 1 is 1.13 bits per heavy atom. The lowest BCUT2D eigenvalue weighted by Gasteiger charge is -2.38. The normalized spacial score (nSPS) is 22.5. The molecule has 2 heterocycles. The van der Waals surface area contributed by atoms with Crippen molar-refractivity contribution in [1.29, 1.82) is 0 Å². The second-order valence-electron chi connectivity index (χ2n) is 8.17. The summed E-state index contributed by atoms with van der Waals surface area (Å²) in [7, 11) is 7.93. The Hall–Kier alpha value is -1.14. The molecular weight excluding hydrogens is 507 g/mol. The number of benzene rings is 1. The molecule has 2 unspecified atom stereocenters. The third kappa shape index (κ3) is 7.74. The molecule has 0 amide bonds. The third-order valence-corrected chi connectivity index (χ3v) is 6.16. The maximum Gasteiger partial charge on any atom is 0.191 e. The van der Waals surface area contributed by atoms with Crippen LogP contribution in [0.15, 0.2) is 29.3 Å². The molecule has 0 saturated carbocycles. The van der Waals surface area contributed by atoms with E-state index in [-0.39, 0.29) is 30.0 Å². The van der Waals surface area contributed by atoms with Crippen LogP contribution >= 0.6 is 24.0 Å². The van der Waals surface area contributed by atoms with Gasteiger partial charge in [-0.25, -0.2) is 0 Å². The molecule has 3 rings (SSSR count). The minimum Gasteiger partial charge on any atom is -0.497 e. The van der Waals surface area contributed by atoms with Crippen molar-refractivity contribution in [2.45, 2.75) is 12.1 Å². The summed E-state index contributed by atoms with van der Waals surface area (Å²) in [6.07, 6.45) is 0.